The van der Waals surface area contributed by atoms with Crippen molar-refractivity contribution in [3.05, 3.63) is 59.7 Å². The Morgan fingerprint density at radius 2 is 1.93 bits per heavy atom. The summed E-state index contributed by atoms with van der Waals surface area (Å²) < 4.78 is 11.3. The van der Waals surface area contributed by atoms with Crippen molar-refractivity contribution in [3.63, 3.8) is 0 Å². The van der Waals surface area contributed by atoms with E-state index in [1.807, 2.05) is 50.2 Å². The summed E-state index contributed by atoms with van der Waals surface area (Å²) in [6.45, 7) is 7.06. The van der Waals surface area contributed by atoms with Crippen LogP contribution in [0.1, 0.15) is 38.3 Å². The normalized spacial score (nSPS) is 12.0. The lowest BCUT2D eigenvalue weighted by molar-refractivity contribution is -0.120. The maximum Gasteiger partial charge on any atom is 0.252 e. The van der Waals surface area contributed by atoms with Gasteiger partial charge in [-0.3, -0.25) is 4.79 Å². The molecule has 0 bridgehead atoms. The highest BCUT2D eigenvalue weighted by Gasteiger charge is 2.12. The lowest BCUT2D eigenvalue weighted by Crippen LogP contribution is -2.27. The average Bonchev–Trinajstić information content (AvgIpc) is 2.72. The van der Waals surface area contributed by atoms with Crippen LogP contribution in [0.15, 0.2) is 53.6 Å². The van der Waals surface area contributed by atoms with Gasteiger partial charge in [-0.15, -0.1) is 11.8 Å². The van der Waals surface area contributed by atoms with Crippen LogP contribution in [0.3, 0.4) is 0 Å². The number of carbonyl (C=O) groups is 1. The summed E-state index contributed by atoms with van der Waals surface area (Å²) in [5.41, 5.74) is 4.63. The van der Waals surface area contributed by atoms with Gasteiger partial charge in [-0.25, -0.2) is 5.43 Å². The van der Waals surface area contributed by atoms with Gasteiger partial charge in [0, 0.05) is 5.75 Å². The average molecular weight is 401 g/mol. The first kappa shape index (κ1) is 21.8. The Morgan fingerprint density at radius 1 is 1.14 bits per heavy atom. The Hall–Kier alpha value is -2.47. The van der Waals surface area contributed by atoms with E-state index in [0.29, 0.717) is 19.0 Å². The van der Waals surface area contributed by atoms with Crippen molar-refractivity contribution in [2.45, 2.75) is 38.2 Å². The summed E-state index contributed by atoms with van der Waals surface area (Å²) in [7, 11) is 0. The third-order valence-corrected chi connectivity index (χ3v) is 5.04. The third kappa shape index (κ3) is 7.27. The quantitative estimate of drug-likeness (QED) is 0.441. The van der Waals surface area contributed by atoms with Crippen LogP contribution in [0.25, 0.3) is 0 Å². The molecule has 5 nitrogen and oxygen atoms in total. The number of hydrazone groups is 1. The van der Waals surface area contributed by atoms with Gasteiger partial charge in [-0.1, -0.05) is 37.3 Å². The van der Waals surface area contributed by atoms with Crippen molar-refractivity contribution >= 4 is 23.9 Å². The van der Waals surface area contributed by atoms with Crippen molar-refractivity contribution in [3.8, 4) is 11.5 Å². The van der Waals surface area contributed by atoms with Crippen LogP contribution in [0.4, 0.5) is 0 Å². The largest absolute Gasteiger partial charge is 0.490 e. The van der Waals surface area contributed by atoms with Crippen molar-refractivity contribution in [1.29, 1.82) is 0 Å². The number of hydrogen-bond acceptors (Lipinski definition) is 5. The van der Waals surface area contributed by atoms with Gasteiger partial charge in [0.05, 0.1) is 24.7 Å². The molecule has 150 valence electrons. The van der Waals surface area contributed by atoms with Gasteiger partial charge in [0.2, 0.25) is 0 Å². The van der Waals surface area contributed by atoms with Gasteiger partial charge in [-0.2, -0.15) is 5.10 Å². The van der Waals surface area contributed by atoms with Gasteiger partial charge < -0.3 is 9.47 Å². The van der Waals surface area contributed by atoms with Gasteiger partial charge in [0.15, 0.2) is 11.5 Å². The molecule has 0 aliphatic rings. The molecule has 0 heterocycles. The van der Waals surface area contributed by atoms with E-state index < -0.39 is 0 Å². The second-order valence-electron chi connectivity index (χ2n) is 6.16. The number of amides is 1. The van der Waals surface area contributed by atoms with E-state index in [2.05, 4.69) is 29.6 Å². The predicted molar refractivity (Wildman–Crippen MR) is 116 cm³/mol. The zero-order valence-electron chi connectivity index (χ0n) is 16.7. The first-order valence-corrected chi connectivity index (χ1v) is 10.6. The summed E-state index contributed by atoms with van der Waals surface area (Å²) in [5, 5.41) is 3.88. The standard InChI is InChI=1S/C22H28N2O3S/c1-4-13-27-20-12-11-19(14-21(20)26-5-2)15-23-24-22(25)17(3)28-16-18-9-7-6-8-10-18/h6-12,14-15,17H,4-5,13,16H2,1-3H3,(H,24,25)/b23-15+. The van der Waals surface area contributed by atoms with Gasteiger partial charge in [0.1, 0.15) is 0 Å². The van der Waals surface area contributed by atoms with E-state index in [1.54, 1.807) is 18.0 Å². The van der Waals surface area contributed by atoms with Crippen molar-refractivity contribution < 1.29 is 14.3 Å². The Morgan fingerprint density at radius 3 is 2.64 bits per heavy atom. The molecule has 0 saturated heterocycles. The number of nitrogens with one attached hydrogen (secondary N) is 1. The Kier molecular flexibility index (Phi) is 9.42. The summed E-state index contributed by atoms with van der Waals surface area (Å²) in [6.07, 6.45) is 2.54. The number of nitrogens with zero attached hydrogens (tertiary/aromatic N) is 1. The number of ether oxygens (including phenoxy) is 2. The fourth-order valence-electron chi connectivity index (χ4n) is 2.34. The first-order chi connectivity index (χ1) is 13.6. The minimum Gasteiger partial charge on any atom is -0.490 e. The van der Waals surface area contributed by atoms with Gasteiger partial charge in [0.25, 0.3) is 5.91 Å². The molecule has 0 aromatic heterocycles. The molecular formula is C22H28N2O3S. The van der Waals surface area contributed by atoms with Crippen LogP contribution in [-0.2, 0) is 10.5 Å². The fourth-order valence-corrected chi connectivity index (χ4v) is 3.18. The molecule has 1 N–H and O–H groups in total. The highest BCUT2D eigenvalue weighted by atomic mass is 32.2. The molecule has 0 aliphatic heterocycles. The maximum atomic E-state index is 12.2. The van der Waals surface area contributed by atoms with Crippen LogP contribution in [0.5, 0.6) is 11.5 Å². The second-order valence-corrected chi connectivity index (χ2v) is 7.49. The summed E-state index contributed by atoms with van der Waals surface area (Å²) in [6, 6.07) is 15.7. The second kappa shape index (κ2) is 12.1. The molecule has 0 aliphatic carbocycles. The number of thioether (sulfide) groups is 1. The van der Waals surface area contributed by atoms with E-state index in [9.17, 15) is 4.79 Å². The predicted octanol–water partition coefficient (Wildman–Crippen LogP) is 4.65. The van der Waals surface area contributed by atoms with E-state index in [1.165, 1.54) is 5.56 Å². The molecule has 2 rings (SSSR count). The lowest BCUT2D eigenvalue weighted by atomic mass is 10.2. The van der Waals surface area contributed by atoms with Crippen LogP contribution in [0.2, 0.25) is 0 Å². The molecular weight excluding hydrogens is 372 g/mol. The van der Waals surface area contributed by atoms with Crippen LogP contribution >= 0.6 is 11.8 Å². The molecule has 2 aromatic rings. The molecule has 1 atom stereocenters. The van der Waals surface area contributed by atoms with E-state index in [-0.39, 0.29) is 11.2 Å². The van der Waals surface area contributed by atoms with Crippen LogP contribution in [-0.4, -0.2) is 30.6 Å². The summed E-state index contributed by atoms with van der Waals surface area (Å²) in [4.78, 5) is 12.2. The molecule has 28 heavy (non-hydrogen) atoms. The third-order valence-electron chi connectivity index (χ3n) is 3.83. The molecule has 1 amide bonds. The Balaban J connectivity index is 1.88. The molecule has 1 unspecified atom stereocenters. The molecule has 0 fully saturated rings. The van der Waals surface area contributed by atoms with Crippen molar-refractivity contribution in [2.75, 3.05) is 13.2 Å². The molecule has 6 heteroatoms. The molecule has 0 spiro atoms. The summed E-state index contributed by atoms with van der Waals surface area (Å²) in [5.74, 6) is 2.06. The minimum absolute atomic E-state index is 0.120. The zero-order valence-corrected chi connectivity index (χ0v) is 17.5. The Labute approximate surface area is 171 Å². The van der Waals surface area contributed by atoms with Gasteiger partial charge in [-0.05, 0) is 49.6 Å². The number of carbonyl (C=O) groups excluding carboxylic acids is 1. The Bertz CT molecular complexity index is 766. The minimum atomic E-state index is -0.193. The van der Waals surface area contributed by atoms with Crippen LogP contribution in [0, 0.1) is 0 Å². The monoisotopic (exact) mass is 400 g/mol. The van der Waals surface area contributed by atoms with E-state index >= 15 is 0 Å². The number of benzene rings is 2. The number of hydrogen-bond donors (Lipinski definition) is 1. The highest BCUT2D eigenvalue weighted by molar-refractivity contribution is 7.99. The van der Waals surface area contributed by atoms with E-state index in [0.717, 1.165) is 23.5 Å². The van der Waals surface area contributed by atoms with Crippen molar-refractivity contribution in [2.24, 2.45) is 5.10 Å². The van der Waals surface area contributed by atoms with Gasteiger partial charge >= 0.3 is 0 Å². The summed E-state index contributed by atoms with van der Waals surface area (Å²) >= 11 is 1.58. The fraction of sp³-hybridized carbons (Fsp3) is 0.364. The SMILES string of the molecule is CCCOc1ccc(/C=N/NC(=O)C(C)SCc2ccccc2)cc1OCC. The van der Waals surface area contributed by atoms with Crippen molar-refractivity contribution in [1.82, 2.24) is 5.43 Å². The topological polar surface area (TPSA) is 59.9 Å². The maximum absolute atomic E-state index is 12.2. The highest BCUT2D eigenvalue weighted by Crippen LogP contribution is 2.28. The smallest absolute Gasteiger partial charge is 0.252 e. The number of rotatable bonds is 11. The van der Waals surface area contributed by atoms with E-state index in [4.69, 9.17) is 9.47 Å². The van der Waals surface area contributed by atoms with Crippen LogP contribution < -0.4 is 14.9 Å². The first-order valence-electron chi connectivity index (χ1n) is 9.52. The molecule has 0 saturated carbocycles. The molecule has 2 aromatic carbocycles. The molecule has 0 radical (unpaired) electrons. The zero-order chi connectivity index (χ0) is 20.2. The lowest BCUT2D eigenvalue weighted by Gasteiger charge is -2.12.